The molecule has 1 saturated heterocycles. The predicted molar refractivity (Wildman–Crippen MR) is 80.6 cm³/mol. The third-order valence-electron chi connectivity index (χ3n) is 4.46. The van der Waals surface area contributed by atoms with Gasteiger partial charge in [0.15, 0.2) is 0 Å². The molecule has 4 nitrogen and oxygen atoms in total. The van der Waals surface area contributed by atoms with Crippen molar-refractivity contribution in [3.8, 4) is 6.07 Å². The molecule has 1 amide bonds. The average Bonchev–Trinajstić information content (AvgIpc) is 2.50. The van der Waals surface area contributed by atoms with Gasteiger partial charge in [0.2, 0.25) is 5.91 Å². The quantitative estimate of drug-likeness (QED) is 0.929. The minimum absolute atomic E-state index is 0.106. The summed E-state index contributed by atoms with van der Waals surface area (Å²) in [5.74, 6) is -0.179. The number of nitrogens with zero attached hydrogens (tertiary/aromatic N) is 1. The van der Waals surface area contributed by atoms with Crippen LogP contribution in [-0.4, -0.2) is 19.1 Å². The maximum atomic E-state index is 12.5. The van der Waals surface area contributed by atoms with Crippen molar-refractivity contribution in [3.63, 3.8) is 0 Å². The second-order valence-electron chi connectivity index (χ2n) is 5.79. The first-order valence-corrected chi connectivity index (χ1v) is 7.36. The summed E-state index contributed by atoms with van der Waals surface area (Å²) in [4.78, 5) is 12.5. The van der Waals surface area contributed by atoms with Gasteiger partial charge >= 0.3 is 0 Å². The summed E-state index contributed by atoms with van der Waals surface area (Å²) in [5.41, 5.74) is 2.55. The zero-order chi connectivity index (χ0) is 15.5. The summed E-state index contributed by atoms with van der Waals surface area (Å²) < 4.78 is 5.27. The van der Waals surface area contributed by atoms with Crippen molar-refractivity contribution in [2.45, 2.75) is 39.7 Å². The summed E-state index contributed by atoms with van der Waals surface area (Å²) in [6.07, 6.45) is 0.934. The molecule has 1 aromatic carbocycles. The van der Waals surface area contributed by atoms with Crippen LogP contribution in [0.3, 0.4) is 0 Å². The summed E-state index contributed by atoms with van der Waals surface area (Å²) in [6.45, 7) is 7.02. The van der Waals surface area contributed by atoms with Crippen LogP contribution in [-0.2, 0) is 9.53 Å². The van der Waals surface area contributed by atoms with Crippen molar-refractivity contribution in [1.29, 1.82) is 5.26 Å². The number of benzene rings is 1. The number of amides is 1. The molecule has 0 saturated carbocycles. The van der Waals surface area contributed by atoms with E-state index >= 15 is 0 Å². The Morgan fingerprint density at radius 2 is 2.05 bits per heavy atom. The molecule has 1 atom stereocenters. The lowest BCUT2D eigenvalue weighted by molar-refractivity contribution is -0.133. The number of carbonyl (C=O) groups excluding carboxylic acids is 1. The monoisotopic (exact) mass is 286 g/mol. The Bertz CT molecular complexity index is 569. The number of ether oxygens (including phenoxy) is 1. The molecule has 0 unspecified atom stereocenters. The van der Waals surface area contributed by atoms with E-state index in [0.29, 0.717) is 26.1 Å². The number of nitrogens with one attached hydrogen (secondary N) is 1. The van der Waals surface area contributed by atoms with Crippen LogP contribution in [0, 0.1) is 30.6 Å². The highest BCUT2D eigenvalue weighted by Gasteiger charge is 2.41. The first-order chi connectivity index (χ1) is 10.00. The van der Waals surface area contributed by atoms with Gasteiger partial charge in [-0.3, -0.25) is 4.79 Å². The predicted octanol–water partition coefficient (Wildman–Crippen LogP) is 2.80. The molecule has 0 radical (unpaired) electrons. The Balaban J connectivity index is 2.15. The van der Waals surface area contributed by atoms with Crippen molar-refractivity contribution in [2.75, 3.05) is 13.2 Å². The molecule has 1 aromatic rings. The highest BCUT2D eigenvalue weighted by molar-refractivity contribution is 5.85. The zero-order valence-electron chi connectivity index (χ0n) is 12.9. The lowest BCUT2D eigenvalue weighted by Crippen LogP contribution is -2.44. The summed E-state index contributed by atoms with van der Waals surface area (Å²) >= 11 is 0. The van der Waals surface area contributed by atoms with Gasteiger partial charge in [0.1, 0.15) is 5.41 Å². The minimum atomic E-state index is -0.940. The number of hydrogen-bond donors (Lipinski definition) is 1. The van der Waals surface area contributed by atoms with Gasteiger partial charge in [0.25, 0.3) is 0 Å². The molecule has 0 aromatic heterocycles. The van der Waals surface area contributed by atoms with Crippen molar-refractivity contribution < 1.29 is 9.53 Å². The molecule has 0 aliphatic carbocycles. The molecular formula is C17H22N2O2. The van der Waals surface area contributed by atoms with Crippen molar-refractivity contribution in [1.82, 2.24) is 5.32 Å². The van der Waals surface area contributed by atoms with Crippen molar-refractivity contribution >= 4 is 5.91 Å². The van der Waals surface area contributed by atoms with E-state index in [4.69, 9.17) is 4.74 Å². The molecule has 4 heteroatoms. The molecule has 0 spiro atoms. The Morgan fingerprint density at radius 3 is 2.67 bits per heavy atom. The number of carbonyl (C=O) groups is 1. The smallest absolute Gasteiger partial charge is 0.241 e. The first-order valence-electron chi connectivity index (χ1n) is 7.36. The second-order valence-corrected chi connectivity index (χ2v) is 5.79. The SMILES string of the molecule is Cc1cccc([C@@H](C)NC(=O)C2(C#N)CCOCC2)c1C. The minimum Gasteiger partial charge on any atom is -0.381 e. The number of hydrogen-bond acceptors (Lipinski definition) is 3. The largest absolute Gasteiger partial charge is 0.381 e. The fourth-order valence-corrected chi connectivity index (χ4v) is 2.76. The average molecular weight is 286 g/mol. The molecule has 1 aliphatic heterocycles. The van der Waals surface area contributed by atoms with Gasteiger partial charge in [-0.25, -0.2) is 0 Å². The maximum Gasteiger partial charge on any atom is 0.241 e. The molecule has 112 valence electrons. The van der Waals surface area contributed by atoms with E-state index < -0.39 is 5.41 Å². The van der Waals surface area contributed by atoms with Crippen LogP contribution in [0.5, 0.6) is 0 Å². The van der Waals surface area contributed by atoms with Crippen LogP contribution in [0.25, 0.3) is 0 Å². The Morgan fingerprint density at radius 1 is 1.38 bits per heavy atom. The molecule has 0 bridgehead atoms. The number of nitriles is 1. The van der Waals surface area contributed by atoms with Crippen LogP contribution in [0.4, 0.5) is 0 Å². The van der Waals surface area contributed by atoms with Gasteiger partial charge < -0.3 is 10.1 Å². The molecule has 1 N–H and O–H groups in total. The summed E-state index contributed by atoms with van der Waals surface area (Å²) in [6, 6.07) is 8.18. The lowest BCUT2D eigenvalue weighted by Gasteiger charge is -2.31. The molecular weight excluding hydrogens is 264 g/mol. The van der Waals surface area contributed by atoms with Crippen LogP contribution in [0.1, 0.15) is 42.5 Å². The molecule has 2 rings (SSSR count). The highest BCUT2D eigenvalue weighted by Crippen LogP contribution is 2.31. The fourth-order valence-electron chi connectivity index (χ4n) is 2.76. The van der Waals surface area contributed by atoms with Crippen LogP contribution < -0.4 is 5.32 Å². The first kappa shape index (κ1) is 15.5. The summed E-state index contributed by atoms with van der Waals surface area (Å²) in [5, 5.41) is 12.4. The normalized spacial score (nSPS) is 18.6. The maximum absolute atomic E-state index is 12.5. The van der Waals surface area contributed by atoms with E-state index in [9.17, 15) is 10.1 Å². The zero-order valence-corrected chi connectivity index (χ0v) is 12.9. The third kappa shape index (κ3) is 3.08. The molecule has 1 heterocycles. The van der Waals surface area contributed by atoms with Crippen LogP contribution >= 0.6 is 0 Å². The van der Waals surface area contributed by atoms with E-state index in [1.165, 1.54) is 11.1 Å². The molecule has 1 fully saturated rings. The molecule has 21 heavy (non-hydrogen) atoms. The Hall–Kier alpha value is -1.86. The second kappa shape index (κ2) is 6.28. The van der Waals surface area contributed by atoms with Crippen LogP contribution in [0.2, 0.25) is 0 Å². The Labute approximate surface area is 126 Å². The highest BCUT2D eigenvalue weighted by atomic mass is 16.5. The number of rotatable bonds is 3. The van der Waals surface area contributed by atoms with E-state index in [1.807, 2.05) is 19.1 Å². The van der Waals surface area contributed by atoms with E-state index in [1.54, 1.807) is 0 Å². The van der Waals surface area contributed by atoms with E-state index in [2.05, 4.69) is 31.3 Å². The molecule has 1 aliphatic rings. The Kier molecular flexibility index (Phi) is 4.64. The van der Waals surface area contributed by atoms with E-state index in [-0.39, 0.29) is 11.9 Å². The van der Waals surface area contributed by atoms with E-state index in [0.717, 1.165) is 5.56 Å². The lowest BCUT2D eigenvalue weighted by atomic mass is 9.80. The topological polar surface area (TPSA) is 62.1 Å². The van der Waals surface area contributed by atoms with Gasteiger partial charge in [-0.1, -0.05) is 18.2 Å². The van der Waals surface area contributed by atoms with Gasteiger partial charge in [-0.2, -0.15) is 5.26 Å². The van der Waals surface area contributed by atoms with Gasteiger partial charge in [0.05, 0.1) is 12.1 Å². The van der Waals surface area contributed by atoms with Gasteiger partial charge in [0, 0.05) is 13.2 Å². The summed E-state index contributed by atoms with van der Waals surface area (Å²) in [7, 11) is 0. The third-order valence-corrected chi connectivity index (χ3v) is 4.46. The van der Waals surface area contributed by atoms with Gasteiger partial charge in [-0.05, 0) is 50.3 Å². The van der Waals surface area contributed by atoms with Crippen LogP contribution in [0.15, 0.2) is 18.2 Å². The van der Waals surface area contributed by atoms with Crippen molar-refractivity contribution in [2.24, 2.45) is 5.41 Å². The number of aryl methyl sites for hydroxylation is 1. The van der Waals surface area contributed by atoms with Gasteiger partial charge in [-0.15, -0.1) is 0 Å². The standard InChI is InChI=1S/C17H22N2O2/c1-12-5-4-6-15(13(12)2)14(3)19-16(20)17(11-18)7-9-21-10-8-17/h4-6,14H,7-10H2,1-3H3,(H,19,20)/t14-/m1/s1. The van der Waals surface area contributed by atoms with Crippen molar-refractivity contribution in [3.05, 3.63) is 34.9 Å². The fraction of sp³-hybridized carbons (Fsp3) is 0.529.